The first-order valence-corrected chi connectivity index (χ1v) is 2.93. The Morgan fingerprint density at radius 2 is 1.85 bits per heavy atom. The minimum atomic E-state index is -5.04. The molecule has 0 aromatic carbocycles. The summed E-state index contributed by atoms with van der Waals surface area (Å²) in [6, 6.07) is 0. The molecule has 0 aliphatic rings. The third-order valence-corrected chi connectivity index (χ3v) is 0.779. The molecule has 0 aliphatic heterocycles. The number of nitrogens with zero attached hydrogens (tertiary/aromatic N) is 2. The Balaban J connectivity index is 4.95. The lowest BCUT2D eigenvalue weighted by atomic mass is 10.4. The van der Waals surface area contributed by atoms with Gasteiger partial charge in [0.25, 0.3) is 5.71 Å². The highest BCUT2D eigenvalue weighted by molar-refractivity contribution is 6.37. The molecule has 0 aliphatic carbocycles. The number of halogens is 3. The maximum Gasteiger partial charge on any atom is 0.442 e. The average molecular weight is 197 g/mol. The van der Waals surface area contributed by atoms with Crippen LogP contribution in [0.2, 0.25) is 0 Å². The normalized spacial score (nSPS) is 14.5. The SMILES string of the molecule is C/C(N)=N/N=C(/C(=O)O)C(F)(F)F. The van der Waals surface area contributed by atoms with Crippen molar-refractivity contribution >= 4 is 17.5 Å². The van der Waals surface area contributed by atoms with Crippen LogP contribution in [0, 0.1) is 0 Å². The monoisotopic (exact) mass is 197 g/mol. The van der Waals surface area contributed by atoms with E-state index in [4.69, 9.17) is 10.8 Å². The molecule has 0 aromatic heterocycles. The number of rotatable bonds is 2. The average Bonchev–Trinajstić information content (AvgIpc) is 1.81. The van der Waals surface area contributed by atoms with Crippen molar-refractivity contribution in [1.29, 1.82) is 0 Å². The molecule has 5 nitrogen and oxygen atoms in total. The van der Waals surface area contributed by atoms with E-state index >= 15 is 0 Å². The van der Waals surface area contributed by atoms with Crippen molar-refractivity contribution in [3.05, 3.63) is 0 Å². The summed E-state index contributed by atoms with van der Waals surface area (Å²) in [7, 11) is 0. The predicted octanol–water partition coefficient (Wildman–Crippen LogP) is 0.366. The second-order valence-electron chi connectivity index (χ2n) is 1.99. The van der Waals surface area contributed by atoms with Crippen LogP contribution in [0.5, 0.6) is 0 Å². The van der Waals surface area contributed by atoms with Crippen LogP contribution in [-0.2, 0) is 4.79 Å². The quantitative estimate of drug-likeness (QED) is 0.380. The first kappa shape index (κ1) is 11.4. The zero-order valence-corrected chi connectivity index (χ0v) is 6.46. The fourth-order valence-electron chi connectivity index (χ4n) is 0.350. The van der Waals surface area contributed by atoms with E-state index in [1.807, 2.05) is 0 Å². The van der Waals surface area contributed by atoms with Crippen LogP contribution in [0.25, 0.3) is 0 Å². The van der Waals surface area contributed by atoms with Gasteiger partial charge in [-0.2, -0.15) is 13.2 Å². The number of carbonyl (C=O) groups is 1. The van der Waals surface area contributed by atoms with Crippen molar-refractivity contribution in [2.45, 2.75) is 13.1 Å². The topological polar surface area (TPSA) is 88.0 Å². The van der Waals surface area contributed by atoms with Crippen molar-refractivity contribution in [3.63, 3.8) is 0 Å². The van der Waals surface area contributed by atoms with Gasteiger partial charge in [0.15, 0.2) is 0 Å². The van der Waals surface area contributed by atoms with Gasteiger partial charge in [-0.3, -0.25) is 0 Å². The summed E-state index contributed by atoms with van der Waals surface area (Å²) < 4.78 is 35.4. The minimum Gasteiger partial charge on any atom is -0.476 e. The third-order valence-electron chi connectivity index (χ3n) is 0.779. The van der Waals surface area contributed by atoms with E-state index in [0.717, 1.165) is 0 Å². The molecular formula is C5H6F3N3O2. The molecule has 13 heavy (non-hydrogen) atoms. The number of nitrogens with two attached hydrogens (primary N) is 1. The zero-order valence-electron chi connectivity index (χ0n) is 6.46. The molecule has 0 saturated heterocycles. The molecule has 0 amide bonds. The highest BCUT2D eigenvalue weighted by atomic mass is 19.4. The molecule has 0 unspecified atom stereocenters. The summed E-state index contributed by atoms with van der Waals surface area (Å²) in [5.74, 6) is -2.46. The van der Waals surface area contributed by atoms with Gasteiger partial charge < -0.3 is 10.8 Å². The van der Waals surface area contributed by atoms with E-state index in [2.05, 4.69) is 10.2 Å². The molecule has 0 radical (unpaired) electrons. The van der Waals surface area contributed by atoms with Crippen LogP contribution in [0.15, 0.2) is 10.2 Å². The summed E-state index contributed by atoms with van der Waals surface area (Å²) in [5.41, 5.74) is 2.86. The number of carboxylic acids is 1. The number of carboxylic acid groups (broad SMARTS) is 1. The van der Waals surface area contributed by atoms with Gasteiger partial charge in [0, 0.05) is 0 Å². The fraction of sp³-hybridized carbons (Fsp3) is 0.400. The van der Waals surface area contributed by atoms with Crippen molar-refractivity contribution in [2.75, 3.05) is 0 Å². The molecule has 0 spiro atoms. The third kappa shape index (κ3) is 4.09. The lowest BCUT2D eigenvalue weighted by Gasteiger charge is -2.02. The van der Waals surface area contributed by atoms with E-state index < -0.39 is 17.9 Å². The minimum absolute atomic E-state index is 0.261. The van der Waals surface area contributed by atoms with Crippen LogP contribution in [0.4, 0.5) is 13.2 Å². The summed E-state index contributed by atoms with van der Waals surface area (Å²) in [6.07, 6.45) is -5.04. The van der Waals surface area contributed by atoms with Crippen LogP contribution in [0.3, 0.4) is 0 Å². The second-order valence-corrected chi connectivity index (χ2v) is 1.99. The van der Waals surface area contributed by atoms with E-state index in [1.54, 1.807) is 0 Å². The Morgan fingerprint density at radius 1 is 1.38 bits per heavy atom. The van der Waals surface area contributed by atoms with Crippen LogP contribution in [0.1, 0.15) is 6.92 Å². The number of hydrogen-bond acceptors (Lipinski definition) is 3. The number of hydrogen-bond donors (Lipinski definition) is 2. The molecule has 0 heterocycles. The Morgan fingerprint density at radius 3 is 2.08 bits per heavy atom. The smallest absolute Gasteiger partial charge is 0.442 e. The lowest BCUT2D eigenvalue weighted by molar-refractivity contribution is -0.133. The van der Waals surface area contributed by atoms with Gasteiger partial charge in [0.05, 0.1) is 0 Å². The van der Waals surface area contributed by atoms with Gasteiger partial charge in [-0.1, -0.05) is 0 Å². The second kappa shape index (κ2) is 3.87. The molecule has 0 aromatic rings. The van der Waals surface area contributed by atoms with E-state index in [9.17, 15) is 18.0 Å². The summed E-state index contributed by atoms with van der Waals surface area (Å²) in [6.45, 7) is 1.18. The van der Waals surface area contributed by atoms with Crippen molar-refractivity contribution in [2.24, 2.45) is 15.9 Å². The molecule has 0 atom stereocenters. The summed E-state index contributed by atoms with van der Waals surface area (Å²) in [4.78, 5) is 10.00. The standard InChI is InChI=1S/C5H6F3N3O2/c1-2(9)10-11-3(4(12)13)5(6,7)8/h1H3,(H2,9,10)(H,12,13)/b11-3-. The van der Waals surface area contributed by atoms with Crippen molar-refractivity contribution in [1.82, 2.24) is 0 Å². The van der Waals surface area contributed by atoms with Gasteiger partial charge in [-0.15, -0.1) is 10.2 Å². The zero-order chi connectivity index (χ0) is 10.6. The maximum absolute atomic E-state index is 11.8. The molecule has 0 fully saturated rings. The predicted molar refractivity (Wildman–Crippen MR) is 38.4 cm³/mol. The number of aliphatic carboxylic acids is 1. The molecular weight excluding hydrogens is 191 g/mol. The highest BCUT2D eigenvalue weighted by Gasteiger charge is 2.41. The Kier molecular flexibility index (Phi) is 3.40. The van der Waals surface area contributed by atoms with Gasteiger partial charge in [0.1, 0.15) is 5.84 Å². The molecule has 3 N–H and O–H groups in total. The van der Waals surface area contributed by atoms with E-state index in [0.29, 0.717) is 0 Å². The number of amidine groups is 1. The molecule has 0 bridgehead atoms. The summed E-state index contributed by atoms with van der Waals surface area (Å²) in [5, 5.41) is 13.3. The van der Waals surface area contributed by atoms with Crippen molar-refractivity contribution < 1.29 is 23.1 Å². The molecule has 0 saturated carbocycles. The maximum atomic E-state index is 11.8. The lowest BCUT2D eigenvalue weighted by Crippen LogP contribution is -2.30. The van der Waals surface area contributed by atoms with Gasteiger partial charge in [-0.25, -0.2) is 4.79 Å². The Bertz CT molecular complexity index is 265. The van der Waals surface area contributed by atoms with Gasteiger partial charge in [0.2, 0.25) is 0 Å². The molecule has 0 rings (SSSR count). The highest BCUT2D eigenvalue weighted by Crippen LogP contribution is 2.17. The Hall–Kier alpha value is -1.60. The van der Waals surface area contributed by atoms with Crippen LogP contribution in [-0.4, -0.2) is 28.8 Å². The van der Waals surface area contributed by atoms with Gasteiger partial charge in [-0.05, 0) is 6.92 Å². The first-order valence-electron chi connectivity index (χ1n) is 2.93. The Labute approximate surface area is 70.8 Å². The fourth-order valence-corrected chi connectivity index (χ4v) is 0.350. The number of alkyl halides is 3. The largest absolute Gasteiger partial charge is 0.476 e. The summed E-state index contributed by atoms with van der Waals surface area (Å²) >= 11 is 0. The first-order chi connectivity index (χ1) is 5.75. The van der Waals surface area contributed by atoms with E-state index in [1.165, 1.54) is 6.92 Å². The van der Waals surface area contributed by atoms with E-state index in [-0.39, 0.29) is 5.84 Å². The van der Waals surface area contributed by atoms with Crippen molar-refractivity contribution in [3.8, 4) is 0 Å². The molecule has 74 valence electrons. The van der Waals surface area contributed by atoms with Gasteiger partial charge >= 0.3 is 12.1 Å². The van der Waals surface area contributed by atoms with Crippen LogP contribution >= 0.6 is 0 Å². The molecule has 8 heteroatoms. The van der Waals surface area contributed by atoms with Crippen LogP contribution < -0.4 is 5.73 Å².